The number of nitriles is 1. The van der Waals surface area contributed by atoms with E-state index in [4.69, 9.17) is 4.42 Å². The predicted molar refractivity (Wildman–Crippen MR) is 71.8 cm³/mol. The minimum absolute atomic E-state index is 0.211. The Morgan fingerprint density at radius 3 is 2.95 bits per heavy atom. The van der Waals surface area contributed by atoms with E-state index in [0.29, 0.717) is 12.1 Å². The molecule has 19 heavy (non-hydrogen) atoms. The molecule has 1 saturated carbocycles. The molecule has 1 aromatic heterocycles. The normalized spacial score (nSPS) is 16.8. The molecule has 0 spiro atoms. The molecule has 0 aliphatic heterocycles. The Labute approximate surface area is 110 Å². The van der Waals surface area contributed by atoms with Crippen LogP contribution in [0.4, 0.5) is 5.69 Å². The number of aromatic nitrogens is 1. The lowest BCUT2D eigenvalue weighted by molar-refractivity contribution is 0.233. The highest BCUT2D eigenvalue weighted by atomic mass is 16.4. The van der Waals surface area contributed by atoms with Crippen molar-refractivity contribution in [2.45, 2.75) is 19.3 Å². The van der Waals surface area contributed by atoms with Gasteiger partial charge < -0.3 is 9.73 Å². The Hall–Kier alpha value is -2.22. The van der Waals surface area contributed by atoms with Crippen molar-refractivity contribution in [3.05, 3.63) is 28.7 Å². The van der Waals surface area contributed by atoms with Crippen molar-refractivity contribution in [1.82, 2.24) is 4.57 Å². The molecule has 98 valence electrons. The van der Waals surface area contributed by atoms with Crippen LogP contribution in [0.3, 0.4) is 0 Å². The lowest BCUT2D eigenvalue weighted by Gasteiger charge is -2.35. The van der Waals surface area contributed by atoms with Crippen LogP contribution >= 0.6 is 0 Å². The molecule has 0 bridgehead atoms. The fraction of sp³-hybridized carbons (Fsp3) is 0.429. The molecule has 0 amide bonds. The quantitative estimate of drug-likeness (QED) is 0.915. The number of rotatable bonds is 3. The molecular weight excluding hydrogens is 242 g/mol. The molecule has 3 rings (SSSR count). The average Bonchev–Trinajstić information content (AvgIpc) is 2.65. The number of fused-ring (bicyclic) bond motifs is 1. The van der Waals surface area contributed by atoms with E-state index in [9.17, 15) is 10.1 Å². The first-order valence-corrected chi connectivity index (χ1v) is 6.38. The summed E-state index contributed by atoms with van der Waals surface area (Å²) >= 11 is 0. The summed E-state index contributed by atoms with van der Waals surface area (Å²) in [4.78, 5) is 11.4. The van der Waals surface area contributed by atoms with Gasteiger partial charge in [-0.15, -0.1) is 0 Å². The molecule has 0 saturated heterocycles. The second-order valence-corrected chi connectivity index (χ2v) is 5.21. The second-order valence-electron chi connectivity index (χ2n) is 5.21. The molecule has 1 aliphatic carbocycles. The summed E-state index contributed by atoms with van der Waals surface area (Å²) in [5.41, 5.74) is 2.04. The minimum Gasteiger partial charge on any atom is -0.408 e. The van der Waals surface area contributed by atoms with Crippen LogP contribution in [0.2, 0.25) is 0 Å². The fourth-order valence-corrected chi connectivity index (χ4v) is 2.44. The SMILES string of the molecule is Cn1c(=O)oc2ccc(NCC3(C#N)CCC3)cc21. The predicted octanol–water partition coefficient (Wildman–Crippen LogP) is 2.24. The molecule has 1 N–H and O–H groups in total. The monoisotopic (exact) mass is 257 g/mol. The molecule has 1 aromatic carbocycles. The van der Waals surface area contributed by atoms with Crippen molar-refractivity contribution < 1.29 is 4.42 Å². The van der Waals surface area contributed by atoms with E-state index in [0.717, 1.165) is 30.5 Å². The van der Waals surface area contributed by atoms with Gasteiger partial charge in [0.25, 0.3) is 0 Å². The van der Waals surface area contributed by atoms with E-state index < -0.39 is 0 Å². The largest absolute Gasteiger partial charge is 0.419 e. The Balaban J connectivity index is 1.84. The molecule has 2 aromatic rings. The second kappa shape index (κ2) is 4.16. The summed E-state index contributed by atoms with van der Waals surface area (Å²) in [5, 5.41) is 12.5. The van der Waals surface area contributed by atoms with Crippen molar-refractivity contribution >= 4 is 16.8 Å². The third-order valence-corrected chi connectivity index (χ3v) is 3.97. The molecule has 1 fully saturated rings. The molecule has 5 heteroatoms. The summed E-state index contributed by atoms with van der Waals surface area (Å²) in [6.07, 6.45) is 3.05. The van der Waals surface area contributed by atoms with Crippen LogP contribution in [0.25, 0.3) is 11.1 Å². The number of nitrogens with zero attached hydrogens (tertiary/aromatic N) is 2. The summed E-state index contributed by atoms with van der Waals surface area (Å²) in [6, 6.07) is 7.93. The van der Waals surface area contributed by atoms with Crippen LogP contribution in [0.5, 0.6) is 0 Å². The van der Waals surface area contributed by atoms with E-state index >= 15 is 0 Å². The van der Waals surface area contributed by atoms with Crippen LogP contribution < -0.4 is 11.1 Å². The first-order valence-electron chi connectivity index (χ1n) is 6.38. The van der Waals surface area contributed by atoms with Crippen LogP contribution in [0.1, 0.15) is 19.3 Å². The number of hydrogen-bond donors (Lipinski definition) is 1. The van der Waals surface area contributed by atoms with E-state index in [2.05, 4.69) is 11.4 Å². The molecule has 0 radical (unpaired) electrons. The first kappa shape index (κ1) is 11.8. The maximum absolute atomic E-state index is 11.4. The van der Waals surface area contributed by atoms with E-state index in [1.807, 2.05) is 12.1 Å². The summed E-state index contributed by atoms with van der Waals surface area (Å²) in [7, 11) is 1.68. The van der Waals surface area contributed by atoms with E-state index in [1.54, 1.807) is 13.1 Å². The summed E-state index contributed by atoms with van der Waals surface area (Å²) in [6.45, 7) is 0.654. The Bertz CT molecular complexity index is 716. The highest BCUT2D eigenvalue weighted by molar-refractivity contribution is 5.77. The lowest BCUT2D eigenvalue weighted by atomic mass is 9.70. The molecule has 0 atom stereocenters. The van der Waals surface area contributed by atoms with Gasteiger partial charge in [0.15, 0.2) is 5.58 Å². The van der Waals surface area contributed by atoms with Gasteiger partial charge >= 0.3 is 5.76 Å². The van der Waals surface area contributed by atoms with Crippen molar-refractivity contribution in [3.8, 4) is 6.07 Å². The number of hydrogen-bond acceptors (Lipinski definition) is 4. The molecular formula is C14H15N3O2. The van der Waals surface area contributed by atoms with Gasteiger partial charge in [0, 0.05) is 19.3 Å². The molecule has 1 heterocycles. The van der Waals surface area contributed by atoms with Crippen LogP contribution in [0, 0.1) is 16.7 Å². The van der Waals surface area contributed by atoms with Crippen molar-refractivity contribution in [2.24, 2.45) is 12.5 Å². The minimum atomic E-state index is -0.361. The summed E-state index contributed by atoms with van der Waals surface area (Å²) in [5.74, 6) is -0.361. The molecule has 1 aliphatic rings. The fourth-order valence-electron chi connectivity index (χ4n) is 2.44. The zero-order chi connectivity index (χ0) is 13.5. The number of aryl methyl sites for hydroxylation is 1. The molecule has 0 unspecified atom stereocenters. The number of oxazole rings is 1. The van der Waals surface area contributed by atoms with E-state index in [1.165, 1.54) is 4.57 Å². The highest BCUT2D eigenvalue weighted by Gasteiger charge is 2.36. The van der Waals surface area contributed by atoms with Gasteiger partial charge in [-0.3, -0.25) is 4.57 Å². The number of anilines is 1. The smallest absolute Gasteiger partial charge is 0.408 e. The van der Waals surface area contributed by atoms with Crippen molar-refractivity contribution in [1.29, 1.82) is 5.26 Å². The zero-order valence-corrected chi connectivity index (χ0v) is 10.8. The first-order chi connectivity index (χ1) is 9.13. The van der Waals surface area contributed by atoms with E-state index in [-0.39, 0.29) is 11.2 Å². The van der Waals surface area contributed by atoms with Gasteiger partial charge in [0.2, 0.25) is 0 Å². The maximum Gasteiger partial charge on any atom is 0.419 e. The Kier molecular flexibility index (Phi) is 2.59. The number of nitrogens with one attached hydrogen (secondary N) is 1. The Morgan fingerprint density at radius 1 is 1.53 bits per heavy atom. The Morgan fingerprint density at radius 2 is 2.32 bits per heavy atom. The van der Waals surface area contributed by atoms with Crippen LogP contribution in [0.15, 0.2) is 27.4 Å². The third-order valence-electron chi connectivity index (χ3n) is 3.97. The highest BCUT2D eigenvalue weighted by Crippen LogP contribution is 2.40. The van der Waals surface area contributed by atoms with Crippen LogP contribution in [-0.2, 0) is 7.05 Å². The van der Waals surface area contributed by atoms with Crippen molar-refractivity contribution in [3.63, 3.8) is 0 Å². The number of benzene rings is 1. The average molecular weight is 257 g/mol. The maximum atomic E-state index is 11.4. The molecule has 5 nitrogen and oxygen atoms in total. The zero-order valence-electron chi connectivity index (χ0n) is 10.8. The summed E-state index contributed by atoms with van der Waals surface area (Å²) < 4.78 is 6.56. The van der Waals surface area contributed by atoms with Gasteiger partial charge in [-0.1, -0.05) is 6.42 Å². The standard InChI is InChI=1S/C14H15N3O2/c1-17-11-7-10(3-4-12(11)19-13(17)18)16-9-14(8-15)5-2-6-14/h3-4,7,16H,2,5-6,9H2,1H3. The van der Waals surface area contributed by atoms with Gasteiger partial charge in [-0.25, -0.2) is 4.79 Å². The topological polar surface area (TPSA) is 71.0 Å². The van der Waals surface area contributed by atoms with Gasteiger partial charge in [-0.05, 0) is 31.0 Å². The van der Waals surface area contributed by atoms with Gasteiger partial charge in [0.1, 0.15) is 0 Å². The third kappa shape index (κ3) is 1.89. The van der Waals surface area contributed by atoms with Crippen LogP contribution in [-0.4, -0.2) is 11.1 Å². The lowest BCUT2D eigenvalue weighted by Crippen LogP contribution is -2.35. The van der Waals surface area contributed by atoms with Gasteiger partial charge in [0.05, 0.1) is 17.0 Å². The van der Waals surface area contributed by atoms with Crippen molar-refractivity contribution in [2.75, 3.05) is 11.9 Å². The van der Waals surface area contributed by atoms with Gasteiger partial charge in [-0.2, -0.15) is 5.26 Å².